The third-order valence-corrected chi connectivity index (χ3v) is 10.6. The first-order chi connectivity index (χ1) is 21.3. The molecule has 1 saturated heterocycles. The maximum Gasteiger partial charge on any atom is 0.418 e. The van der Waals surface area contributed by atoms with Crippen molar-refractivity contribution in [1.29, 1.82) is 0 Å². The number of fused-ring (bicyclic) bond motifs is 2. The Bertz CT molecular complexity index is 1870. The van der Waals surface area contributed by atoms with Gasteiger partial charge in [0.05, 0.1) is 22.2 Å². The highest BCUT2D eigenvalue weighted by molar-refractivity contribution is 8.00. The fourth-order valence-corrected chi connectivity index (χ4v) is 8.52. The normalized spacial score (nSPS) is 19.3. The van der Waals surface area contributed by atoms with Crippen molar-refractivity contribution in [2.75, 3.05) is 29.2 Å². The number of aromatic nitrogens is 1. The molecule has 1 fully saturated rings. The van der Waals surface area contributed by atoms with Gasteiger partial charge in [0.25, 0.3) is 0 Å². The smallest absolute Gasteiger partial charge is 0.378 e. The fraction of sp³-hybridized carbons (Fsp3) is 0.226. The van der Waals surface area contributed by atoms with E-state index in [0.717, 1.165) is 40.9 Å². The average Bonchev–Trinajstić information content (AvgIpc) is 3.44. The standard InChI is InChI=1S/C31H24ClF3N4O4S2/c1-37(2)19-13-7-16(8-14-19)23-24-25(28(42)39(27(24)41)21-6-4-3-5-20(21)31(33,34)35)44-29-26(23)45-30(43)38(29)15-22(40)36-18-11-9-17(32)10-12-18/h3-14,23-25H,15H2,1-2H3,(H,36,40). The number of alkyl halides is 3. The van der Waals surface area contributed by atoms with Gasteiger partial charge in [0.15, 0.2) is 0 Å². The van der Waals surface area contributed by atoms with Crippen LogP contribution in [-0.4, -0.2) is 41.6 Å². The summed E-state index contributed by atoms with van der Waals surface area (Å²) < 4.78 is 43.2. The van der Waals surface area contributed by atoms with Gasteiger partial charge in [0.2, 0.25) is 17.7 Å². The second kappa shape index (κ2) is 11.7. The van der Waals surface area contributed by atoms with E-state index in [1.165, 1.54) is 16.7 Å². The van der Waals surface area contributed by atoms with E-state index in [2.05, 4.69) is 5.32 Å². The molecule has 3 heterocycles. The number of imide groups is 1. The molecule has 1 N–H and O–H groups in total. The Labute approximate surface area is 268 Å². The number of nitrogens with zero attached hydrogens (tertiary/aromatic N) is 3. The lowest BCUT2D eigenvalue weighted by atomic mass is 9.83. The van der Waals surface area contributed by atoms with E-state index in [1.54, 1.807) is 36.4 Å². The van der Waals surface area contributed by atoms with Crippen LogP contribution in [0.5, 0.6) is 0 Å². The van der Waals surface area contributed by atoms with Crippen molar-refractivity contribution in [3.05, 3.63) is 103 Å². The topological polar surface area (TPSA) is 91.7 Å². The molecular weight excluding hydrogens is 649 g/mol. The minimum atomic E-state index is -4.81. The number of rotatable bonds is 6. The zero-order valence-corrected chi connectivity index (χ0v) is 26.1. The summed E-state index contributed by atoms with van der Waals surface area (Å²) in [5.41, 5.74) is 0.291. The van der Waals surface area contributed by atoms with Gasteiger partial charge in [-0.05, 0) is 54.1 Å². The third-order valence-electron chi connectivity index (χ3n) is 7.70. The van der Waals surface area contributed by atoms with Crippen molar-refractivity contribution in [1.82, 2.24) is 4.57 Å². The molecule has 8 nitrogen and oxygen atoms in total. The van der Waals surface area contributed by atoms with E-state index in [-0.39, 0.29) is 6.54 Å². The number of carbonyl (C=O) groups is 3. The van der Waals surface area contributed by atoms with Crippen LogP contribution in [0.1, 0.15) is 21.9 Å². The van der Waals surface area contributed by atoms with Crippen LogP contribution in [0.4, 0.5) is 30.2 Å². The van der Waals surface area contributed by atoms with Crippen LogP contribution in [-0.2, 0) is 27.1 Å². The Morgan fingerprint density at radius 3 is 2.27 bits per heavy atom. The molecule has 3 amide bonds. The van der Waals surface area contributed by atoms with Crippen molar-refractivity contribution in [2.24, 2.45) is 5.92 Å². The van der Waals surface area contributed by atoms with Crippen molar-refractivity contribution in [3.8, 4) is 0 Å². The molecule has 0 aliphatic carbocycles. The lowest BCUT2D eigenvalue weighted by Gasteiger charge is -2.31. The first-order valence-corrected chi connectivity index (χ1v) is 15.7. The van der Waals surface area contributed by atoms with Gasteiger partial charge < -0.3 is 10.2 Å². The zero-order valence-electron chi connectivity index (χ0n) is 23.7. The number of carbonyl (C=O) groups excluding carboxylic acids is 3. The lowest BCUT2D eigenvalue weighted by molar-refractivity contribution is -0.137. The number of amides is 3. The molecule has 3 unspecified atom stereocenters. The van der Waals surface area contributed by atoms with E-state index < -0.39 is 57.1 Å². The van der Waals surface area contributed by atoms with Crippen LogP contribution in [0.3, 0.4) is 0 Å². The molecule has 45 heavy (non-hydrogen) atoms. The number of thiazole rings is 1. The number of benzene rings is 3. The van der Waals surface area contributed by atoms with Crippen LogP contribution in [0.2, 0.25) is 5.02 Å². The van der Waals surface area contributed by atoms with Crippen LogP contribution in [0, 0.1) is 5.92 Å². The summed E-state index contributed by atoms with van der Waals surface area (Å²) in [5, 5.41) is 2.38. The summed E-state index contributed by atoms with van der Waals surface area (Å²) in [5.74, 6) is -4.02. The summed E-state index contributed by atoms with van der Waals surface area (Å²) >= 11 is 7.71. The van der Waals surface area contributed by atoms with Crippen LogP contribution in [0.15, 0.2) is 82.6 Å². The molecule has 0 bridgehead atoms. The minimum Gasteiger partial charge on any atom is -0.378 e. The summed E-state index contributed by atoms with van der Waals surface area (Å²) in [6.07, 6.45) is -4.81. The minimum absolute atomic E-state index is 0.325. The van der Waals surface area contributed by atoms with E-state index in [9.17, 15) is 32.3 Å². The molecule has 2 aliphatic heterocycles. The van der Waals surface area contributed by atoms with E-state index in [1.807, 2.05) is 31.1 Å². The van der Waals surface area contributed by atoms with Gasteiger partial charge in [-0.3, -0.25) is 23.7 Å². The predicted octanol–water partition coefficient (Wildman–Crippen LogP) is 6.08. The van der Waals surface area contributed by atoms with Gasteiger partial charge in [-0.15, -0.1) is 0 Å². The maximum atomic E-state index is 14.1. The number of hydrogen-bond donors (Lipinski definition) is 1. The van der Waals surface area contributed by atoms with Gasteiger partial charge in [0.1, 0.15) is 11.8 Å². The highest BCUT2D eigenvalue weighted by Gasteiger charge is 2.57. The monoisotopic (exact) mass is 672 g/mol. The second-order valence-electron chi connectivity index (χ2n) is 10.7. The Morgan fingerprint density at radius 1 is 0.956 bits per heavy atom. The summed E-state index contributed by atoms with van der Waals surface area (Å²) in [7, 11) is 3.72. The van der Waals surface area contributed by atoms with E-state index in [0.29, 0.717) is 31.1 Å². The molecule has 2 aliphatic rings. The van der Waals surface area contributed by atoms with Gasteiger partial charge in [-0.1, -0.05) is 59.0 Å². The molecule has 6 rings (SSSR count). The Balaban J connectivity index is 1.43. The maximum absolute atomic E-state index is 14.1. The van der Waals surface area contributed by atoms with E-state index >= 15 is 0 Å². The SMILES string of the molecule is CN(C)c1ccc(C2c3sc(=O)n(CC(=O)Nc4ccc(Cl)cc4)c3SC3C(=O)N(c4ccccc4C(F)(F)F)C(=O)C32)cc1. The molecule has 3 aromatic carbocycles. The van der Waals surface area contributed by atoms with Gasteiger partial charge in [-0.2, -0.15) is 13.2 Å². The number of hydrogen-bond acceptors (Lipinski definition) is 7. The molecule has 0 spiro atoms. The highest BCUT2D eigenvalue weighted by atomic mass is 35.5. The highest BCUT2D eigenvalue weighted by Crippen LogP contribution is 2.54. The van der Waals surface area contributed by atoms with Crippen LogP contribution >= 0.6 is 34.7 Å². The van der Waals surface area contributed by atoms with E-state index in [4.69, 9.17) is 11.6 Å². The van der Waals surface area contributed by atoms with Crippen LogP contribution < -0.4 is 20.0 Å². The third kappa shape index (κ3) is 5.64. The zero-order chi connectivity index (χ0) is 32.2. The summed E-state index contributed by atoms with van der Waals surface area (Å²) in [4.78, 5) is 56.8. The molecule has 0 saturated carbocycles. The van der Waals surface area contributed by atoms with Crippen molar-refractivity contribution < 1.29 is 27.6 Å². The number of para-hydroxylation sites is 1. The molecule has 3 atom stereocenters. The van der Waals surface area contributed by atoms with Gasteiger partial charge in [0, 0.05) is 41.3 Å². The number of anilines is 3. The van der Waals surface area contributed by atoms with Gasteiger partial charge >= 0.3 is 11.0 Å². The molecule has 4 aromatic rings. The molecule has 0 radical (unpaired) electrons. The fourth-order valence-electron chi connectivity index (χ4n) is 5.62. The van der Waals surface area contributed by atoms with Crippen molar-refractivity contribution >= 4 is 69.5 Å². The quantitative estimate of drug-likeness (QED) is 0.250. The van der Waals surface area contributed by atoms with Crippen molar-refractivity contribution in [2.45, 2.75) is 28.9 Å². The Kier molecular flexibility index (Phi) is 8.04. The first-order valence-electron chi connectivity index (χ1n) is 13.6. The molecular formula is C31H24ClF3N4O4S2. The predicted molar refractivity (Wildman–Crippen MR) is 168 cm³/mol. The van der Waals surface area contributed by atoms with Gasteiger partial charge in [-0.25, -0.2) is 4.90 Å². The molecule has 14 heteroatoms. The van der Waals surface area contributed by atoms with Crippen LogP contribution in [0.25, 0.3) is 0 Å². The second-order valence-corrected chi connectivity index (χ2v) is 13.3. The number of thioether (sulfide) groups is 1. The van der Waals surface area contributed by atoms with Crippen molar-refractivity contribution in [3.63, 3.8) is 0 Å². The average molecular weight is 673 g/mol. The Morgan fingerprint density at radius 2 is 1.62 bits per heavy atom. The number of nitrogens with one attached hydrogen (secondary N) is 1. The Hall–Kier alpha value is -4.07. The first kappa shape index (κ1) is 30.9. The lowest BCUT2D eigenvalue weighted by Crippen LogP contribution is -2.33. The number of halogens is 4. The summed E-state index contributed by atoms with van der Waals surface area (Å²) in [6.45, 7) is -0.382. The molecule has 232 valence electrons. The molecule has 1 aromatic heterocycles. The summed E-state index contributed by atoms with van der Waals surface area (Å²) in [6, 6.07) is 18.1. The largest absolute Gasteiger partial charge is 0.418 e.